The maximum atomic E-state index is 11.3. The number of esters is 1. The van der Waals surface area contributed by atoms with Crippen LogP contribution in [0, 0.1) is 6.92 Å². The van der Waals surface area contributed by atoms with Crippen LogP contribution in [-0.2, 0) is 16.0 Å². The van der Waals surface area contributed by atoms with E-state index in [0.29, 0.717) is 18.3 Å². The Balaban J connectivity index is 2.10. The Labute approximate surface area is 105 Å². The van der Waals surface area contributed by atoms with E-state index in [9.17, 15) is 4.79 Å². The number of benzene rings is 1. The lowest BCUT2D eigenvalue weighted by Gasteiger charge is -1.96. The van der Waals surface area contributed by atoms with E-state index < -0.39 is 0 Å². The molecule has 0 amide bonds. The van der Waals surface area contributed by atoms with Gasteiger partial charge in [-0.3, -0.25) is 4.79 Å². The molecule has 0 atom stereocenters. The first-order valence-corrected chi connectivity index (χ1v) is 5.74. The fraction of sp³-hybridized carbons (Fsp3) is 0.308. The second kappa shape index (κ2) is 5.44. The number of hydrogen-bond acceptors (Lipinski definition) is 5. The lowest BCUT2D eigenvalue weighted by Crippen LogP contribution is -2.08. The molecule has 0 fully saturated rings. The van der Waals surface area contributed by atoms with Crippen molar-refractivity contribution in [2.75, 3.05) is 6.61 Å². The Morgan fingerprint density at radius 1 is 1.33 bits per heavy atom. The van der Waals surface area contributed by atoms with Crippen LogP contribution < -0.4 is 0 Å². The minimum atomic E-state index is -0.353. The molecule has 0 saturated heterocycles. The number of carbonyl (C=O) groups is 1. The molecule has 0 aliphatic rings. The van der Waals surface area contributed by atoms with Crippen molar-refractivity contribution >= 4 is 5.97 Å². The molecule has 1 aromatic carbocycles. The normalized spacial score (nSPS) is 10.3. The zero-order chi connectivity index (χ0) is 13.0. The second-order valence-electron chi connectivity index (χ2n) is 3.86. The quantitative estimate of drug-likeness (QED) is 0.773. The van der Waals surface area contributed by atoms with Gasteiger partial charge in [0.1, 0.15) is 6.42 Å². The monoisotopic (exact) mass is 246 g/mol. The van der Waals surface area contributed by atoms with Gasteiger partial charge in [-0.15, -0.1) is 0 Å². The van der Waals surface area contributed by atoms with E-state index in [1.807, 2.05) is 31.2 Å². The largest absolute Gasteiger partial charge is 0.466 e. The summed E-state index contributed by atoms with van der Waals surface area (Å²) < 4.78 is 9.92. The first kappa shape index (κ1) is 12.3. The topological polar surface area (TPSA) is 65.2 Å². The van der Waals surface area contributed by atoms with Crippen LogP contribution in [0.15, 0.2) is 28.8 Å². The van der Waals surface area contributed by atoms with Crippen molar-refractivity contribution in [2.24, 2.45) is 0 Å². The van der Waals surface area contributed by atoms with Crippen LogP contribution in [0.25, 0.3) is 11.5 Å². The molecule has 0 aliphatic heterocycles. The number of nitrogens with zero attached hydrogens (tertiary/aromatic N) is 2. The van der Waals surface area contributed by atoms with Crippen molar-refractivity contribution < 1.29 is 14.1 Å². The molecular weight excluding hydrogens is 232 g/mol. The third-order valence-corrected chi connectivity index (χ3v) is 2.37. The Morgan fingerprint density at radius 3 is 2.72 bits per heavy atom. The highest BCUT2D eigenvalue weighted by atomic mass is 16.5. The molecule has 2 rings (SSSR count). The van der Waals surface area contributed by atoms with Crippen LogP contribution in [0.5, 0.6) is 0 Å². The first-order valence-electron chi connectivity index (χ1n) is 5.74. The molecule has 5 nitrogen and oxygen atoms in total. The Kier molecular flexibility index (Phi) is 3.72. The van der Waals surface area contributed by atoms with Crippen molar-refractivity contribution in [1.82, 2.24) is 10.1 Å². The van der Waals surface area contributed by atoms with Crippen LogP contribution in [0.2, 0.25) is 0 Å². The van der Waals surface area contributed by atoms with E-state index in [0.717, 1.165) is 11.1 Å². The molecule has 18 heavy (non-hydrogen) atoms. The molecule has 1 heterocycles. The van der Waals surface area contributed by atoms with Crippen LogP contribution in [-0.4, -0.2) is 22.7 Å². The summed E-state index contributed by atoms with van der Waals surface area (Å²) in [6, 6.07) is 7.73. The SMILES string of the molecule is CCOC(=O)Cc1noc(-c2ccc(C)cc2)n1. The van der Waals surface area contributed by atoms with Gasteiger partial charge in [0, 0.05) is 5.56 Å². The molecule has 0 unspecified atom stereocenters. The van der Waals surface area contributed by atoms with Gasteiger partial charge in [0.15, 0.2) is 5.82 Å². The minimum absolute atomic E-state index is 0.0310. The van der Waals surface area contributed by atoms with E-state index in [4.69, 9.17) is 9.26 Å². The predicted octanol–water partition coefficient (Wildman–Crippen LogP) is 2.15. The van der Waals surface area contributed by atoms with Crippen molar-refractivity contribution in [3.05, 3.63) is 35.7 Å². The van der Waals surface area contributed by atoms with Gasteiger partial charge < -0.3 is 9.26 Å². The van der Waals surface area contributed by atoms with Gasteiger partial charge >= 0.3 is 5.97 Å². The maximum absolute atomic E-state index is 11.3. The average Bonchev–Trinajstić information content (AvgIpc) is 2.78. The van der Waals surface area contributed by atoms with Gasteiger partial charge in [0.25, 0.3) is 5.89 Å². The van der Waals surface area contributed by atoms with Gasteiger partial charge in [-0.1, -0.05) is 22.9 Å². The van der Waals surface area contributed by atoms with Crippen molar-refractivity contribution in [2.45, 2.75) is 20.3 Å². The number of ether oxygens (including phenoxy) is 1. The third kappa shape index (κ3) is 2.94. The van der Waals surface area contributed by atoms with E-state index in [-0.39, 0.29) is 12.4 Å². The molecule has 2 aromatic rings. The average molecular weight is 246 g/mol. The summed E-state index contributed by atoms with van der Waals surface area (Å²) in [5.41, 5.74) is 1.99. The molecule has 0 radical (unpaired) electrons. The molecule has 0 N–H and O–H groups in total. The third-order valence-electron chi connectivity index (χ3n) is 2.37. The van der Waals surface area contributed by atoms with Crippen LogP contribution >= 0.6 is 0 Å². The number of aromatic nitrogens is 2. The lowest BCUT2D eigenvalue weighted by molar-refractivity contribution is -0.142. The van der Waals surface area contributed by atoms with E-state index >= 15 is 0 Å². The molecule has 94 valence electrons. The number of rotatable bonds is 4. The van der Waals surface area contributed by atoms with Crippen LogP contribution in [0.3, 0.4) is 0 Å². The number of aryl methyl sites for hydroxylation is 1. The van der Waals surface area contributed by atoms with E-state index in [1.54, 1.807) is 6.92 Å². The van der Waals surface area contributed by atoms with Gasteiger partial charge in [-0.05, 0) is 26.0 Å². The van der Waals surface area contributed by atoms with E-state index in [2.05, 4.69) is 10.1 Å². The summed E-state index contributed by atoms with van der Waals surface area (Å²) in [5.74, 6) is 0.395. The fourth-order valence-corrected chi connectivity index (χ4v) is 1.48. The zero-order valence-electron chi connectivity index (χ0n) is 10.3. The highest BCUT2D eigenvalue weighted by Crippen LogP contribution is 2.17. The van der Waals surface area contributed by atoms with Gasteiger partial charge in [0.2, 0.25) is 0 Å². The summed E-state index contributed by atoms with van der Waals surface area (Å²) in [5, 5.41) is 3.75. The zero-order valence-corrected chi connectivity index (χ0v) is 10.3. The van der Waals surface area contributed by atoms with E-state index in [1.165, 1.54) is 0 Å². The first-order chi connectivity index (χ1) is 8.69. The molecule has 0 bridgehead atoms. The summed E-state index contributed by atoms with van der Waals surface area (Å²) in [6.07, 6.45) is 0.0310. The highest BCUT2D eigenvalue weighted by Gasteiger charge is 2.12. The van der Waals surface area contributed by atoms with Gasteiger partial charge in [-0.25, -0.2) is 0 Å². The predicted molar refractivity (Wildman–Crippen MR) is 64.8 cm³/mol. The fourth-order valence-electron chi connectivity index (χ4n) is 1.48. The molecular formula is C13H14N2O3. The standard InChI is InChI=1S/C13H14N2O3/c1-3-17-12(16)8-11-14-13(18-15-11)10-6-4-9(2)5-7-10/h4-7H,3,8H2,1-2H3. The van der Waals surface area contributed by atoms with Crippen LogP contribution in [0.1, 0.15) is 18.3 Å². The second-order valence-corrected chi connectivity index (χ2v) is 3.86. The van der Waals surface area contributed by atoms with Gasteiger partial charge in [0.05, 0.1) is 6.61 Å². The summed E-state index contributed by atoms with van der Waals surface area (Å²) >= 11 is 0. The summed E-state index contributed by atoms with van der Waals surface area (Å²) in [6.45, 7) is 4.11. The smallest absolute Gasteiger partial charge is 0.313 e. The maximum Gasteiger partial charge on any atom is 0.313 e. The van der Waals surface area contributed by atoms with Crippen LogP contribution in [0.4, 0.5) is 0 Å². The van der Waals surface area contributed by atoms with Crippen molar-refractivity contribution in [1.29, 1.82) is 0 Å². The molecule has 1 aromatic heterocycles. The Hall–Kier alpha value is -2.17. The molecule has 5 heteroatoms. The molecule has 0 spiro atoms. The van der Waals surface area contributed by atoms with Crippen molar-refractivity contribution in [3.8, 4) is 11.5 Å². The molecule has 0 saturated carbocycles. The summed E-state index contributed by atoms with van der Waals surface area (Å²) in [7, 11) is 0. The number of carbonyl (C=O) groups excluding carboxylic acids is 1. The lowest BCUT2D eigenvalue weighted by atomic mass is 10.1. The number of hydrogen-bond donors (Lipinski definition) is 0. The Bertz CT molecular complexity index is 531. The summed E-state index contributed by atoms with van der Waals surface area (Å²) in [4.78, 5) is 15.4. The molecule has 0 aliphatic carbocycles. The Morgan fingerprint density at radius 2 is 2.06 bits per heavy atom. The highest BCUT2D eigenvalue weighted by molar-refractivity contribution is 5.71. The van der Waals surface area contributed by atoms with Gasteiger partial charge in [-0.2, -0.15) is 4.98 Å². The minimum Gasteiger partial charge on any atom is -0.466 e. The van der Waals surface area contributed by atoms with Crippen molar-refractivity contribution in [3.63, 3.8) is 0 Å².